The largest absolute Gasteiger partial charge is 0.499 e. The number of rotatable bonds is 7. The molecule has 0 spiro atoms. The lowest BCUT2D eigenvalue weighted by molar-refractivity contribution is 0.427. The number of aryl methyl sites for hydroxylation is 1. The van der Waals surface area contributed by atoms with Gasteiger partial charge in [0.15, 0.2) is 0 Å². The maximum absolute atomic E-state index is 8.94. The van der Waals surface area contributed by atoms with Crippen LogP contribution in [0.4, 0.5) is 0 Å². The highest BCUT2D eigenvalue weighted by atomic mass is 32.1. The first kappa shape index (κ1) is 12.8. The zero-order chi connectivity index (χ0) is 11.1. The zero-order valence-corrected chi connectivity index (χ0v) is 10.1. The first-order valence-electron chi connectivity index (χ1n) is 5.68. The van der Waals surface area contributed by atoms with E-state index >= 15 is 0 Å². The van der Waals surface area contributed by atoms with E-state index in [0.29, 0.717) is 4.78 Å². The van der Waals surface area contributed by atoms with Gasteiger partial charge in [0.1, 0.15) is 0 Å². The zero-order valence-electron chi connectivity index (χ0n) is 9.28. The Morgan fingerprint density at radius 3 is 2.47 bits per heavy atom. The lowest BCUT2D eigenvalue weighted by atomic mass is 9.90. The quantitative estimate of drug-likeness (QED) is 0.551. The van der Waals surface area contributed by atoms with Crippen molar-refractivity contribution < 1.29 is 10.0 Å². The van der Waals surface area contributed by atoms with Crippen LogP contribution in [0.1, 0.15) is 43.9 Å². The molecule has 4 heteroatoms. The Labute approximate surface area is 96.1 Å². The van der Waals surface area contributed by atoms with Gasteiger partial charge in [0.2, 0.25) is 0 Å². The van der Waals surface area contributed by atoms with Crippen LogP contribution >= 0.6 is 11.3 Å². The molecule has 0 bridgehead atoms. The molecular weight excluding hydrogens is 207 g/mol. The van der Waals surface area contributed by atoms with Crippen molar-refractivity contribution in [2.75, 3.05) is 0 Å². The van der Waals surface area contributed by atoms with Crippen molar-refractivity contribution in [1.82, 2.24) is 0 Å². The third-order valence-electron chi connectivity index (χ3n) is 2.46. The summed E-state index contributed by atoms with van der Waals surface area (Å²) in [7, 11) is -1.30. The standard InChI is InChI=1S/C11H19BO2S/c1-2-3-4-5-6-7-10-8-9-11(15-10)12(13)14/h8-9,13-14H,2-7H2,1H3. The molecule has 1 heterocycles. The van der Waals surface area contributed by atoms with Crippen LogP contribution in [0.15, 0.2) is 12.1 Å². The first-order valence-corrected chi connectivity index (χ1v) is 6.50. The molecule has 0 aromatic carbocycles. The van der Waals surface area contributed by atoms with Crippen molar-refractivity contribution in [1.29, 1.82) is 0 Å². The topological polar surface area (TPSA) is 40.5 Å². The SMILES string of the molecule is CCCCCCCc1ccc(B(O)O)s1. The van der Waals surface area contributed by atoms with Gasteiger partial charge in [0, 0.05) is 9.65 Å². The maximum atomic E-state index is 8.94. The highest BCUT2D eigenvalue weighted by Gasteiger charge is 2.13. The fourth-order valence-corrected chi connectivity index (χ4v) is 2.50. The van der Waals surface area contributed by atoms with Gasteiger partial charge in [-0.05, 0) is 18.9 Å². The van der Waals surface area contributed by atoms with Crippen molar-refractivity contribution in [2.45, 2.75) is 45.4 Å². The highest BCUT2D eigenvalue weighted by Crippen LogP contribution is 2.12. The van der Waals surface area contributed by atoms with Crippen LogP contribution in [-0.4, -0.2) is 17.2 Å². The molecule has 1 rings (SSSR count). The van der Waals surface area contributed by atoms with Crippen molar-refractivity contribution in [2.24, 2.45) is 0 Å². The lowest BCUT2D eigenvalue weighted by Crippen LogP contribution is -2.26. The molecule has 0 saturated heterocycles. The van der Waals surface area contributed by atoms with Crippen LogP contribution < -0.4 is 4.78 Å². The van der Waals surface area contributed by atoms with Gasteiger partial charge in [-0.3, -0.25) is 0 Å². The summed E-state index contributed by atoms with van der Waals surface area (Å²) in [6.07, 6.45) is 7.48. The minimum Gasteiger partial charge on any atom is -0.423 e. The number of hydrogen-bond acceptors (Lipinski definition) is 3. The van der Waals surface area contributed by atoms with E-state index in [4.69, 9.17) is 10.0 Å². The maximum Gasteiger partial charge on any atom is 0.499 e. The molecule has 15 heavy (non-hydrogen) atoms. The number of thiophene rings is 1. The average Bonchev–Trinajstić information content (AvgIpc) is 2.66. The molecule has 0 saturated carbocycles. The Balaban J connectivity index is 2.20. The first-order chi connectivity index (χ1) is 7.24. The molecule has 0 radical (unpaired) electrons. The van der Waals surface area contributed by atoms with Crippen LogP contribution in [0.25, 0.3) is 0 Å². The molecule has 0 aliphatic rings. The Bertz CT molecular complexity index is 273. The number of hydrogen-bond donors (Lipinski definition) is 2. The van der Waals surface area contributed by atoms with E-state index in [9.17, 15) is 0 Å². The smallest absolute Gasteiger partial charge is 0.423 e. The monoisotopic (exact) mass is 226 g/mol. The van der Waals surface area contributed by atoms with Crippen LogP contribution in [0.2, 0.25) is 0 Å². The fourth-order valence-electron chi connectivity index (χ4n) is 1.57. The number of unbranched alkanes of at least 4 members (excludes halogenated alkanes) is 4. The summed E-state index contributed by atoms with van der Waals surface area (Å²) >= 11 is 1.50. The molecule has 0 fully saturated rings. The summed E-state index contributed by atoms with van der Waals surface area (Å²) in [6.45, 7) is 2.22. The van der Waals surface area contributed by atoms with Gasteiger partial charge >= 0.3 is 7.12 Å². The summed E-state index contributed by atoms with van der Waals surface area (Å²) in [6, 6.07) is 3.80. The summed E-state index contributed by atoms with van der Waals surface area (Å²) in [5, 5.41) is 17.9. The molecule has 0 aliphatic heterocycles. The van der Waals surface area contributed by atoms with Gasteiger partial charge in [-0.25, -0.2) is 0 Å². The average molecular weight is 226 g/mol. The van der Waals surface area contributed by atoms with E-state index in [1.807, 2.05) is 6.07 Å². The van der Waals surface area contributed by atoms with E-state index < -0.39 is 7.12 Å². The van der Waals surface area contributed by atoms with Crippen molar-refractivity contribution in [3.63, 3.8) is 0 Å². The van der Waals surface area contributed by atoms with E-state index in [-0.39, 0.29) is 0 Å². The van der Waals surface area contributed by atoms with Crippen LogP contribution in [-0.2, 0) is 6.42 Å². The van der Waals surface area contributed by atoms with E-state index in [1.165, 1.54) is 48.3 Å². The van der Waals surface area contributed by atoms with Crippen LogP contribution in [0, 0.1) is 0 Å². The molecular formula is C11H19BO2S. The van der Waals surface area contributed by atoms with Crippen molar-refractivity contribution in [3.05, 3.63) is 17.0 Å². The molecule has 2 N–H and O–H groups in total. The molecule has 0 amide bonds. The van der Waals surface area contributed by atoms with Crippen LogP contribution in [0.3, 0.4) is 0 Å². The predicted molar refractivity (Wildman–Crippen MR) is 66.6 cm³/mol. The van der Waals surface area contributed by atoms with E-state index in [2.05, 4.69) is 6.92 Å². The summed E-state index contributed by atoms with van der Waals surface area (Å²) in [5.74, 6) is 0. The second-order valence-corrected chi connectivity index (χ2v) is 5.04. The molecule has 0 atom stereocenters. The molecule has 84 valence electrons. The Hall–Kier alpha value is -0.315. The van der Waals surface area contributed by atoms with Gasteiger partial charge < -0.3 is 10.0 Å². The van der Waals surface area contributed by atoms with Gasteiger partial charge in [-0.2, -0.15) is 0 Å². The van der Waals surface area contributed by atoms with Gasteiger partial charge in [0.05, 0.1) is 0 Å². The van der Waals surface area contributed by atoms with Crippen molar-refractivity contribution in [3.8, 4) is 0 Å². The van der Waals surface area contributed by atoms with Gasteiger partial charge in [-0.15, -0.1) is 11.3 Å². The predicted octanol–water partition coefficient (Wildman–Crippen LogP) is 1.94. The van der Waals surface area contributed by atoms with Crippen LogP contribution in [0.5, 0.6) is 0 Å². The molecule has 0 unspecified atom stereocenters. The van der Waals surface area contributed by atoms with E-state index in [1.54, 1.807) is 6.07 Å². The Morgan fingerprint density at radius 1 is 1.13 bits per heavy atom. The molecule has 2 nitrogen and oxygen atoms in total. The van der Waals surface area contributed by atoms with Crippen molar-refractivity contribution >= 4 is 23.2 Å². The molecule has 1 aromatic rings. The summed E-state index contributed by atoms with van der Waals surface area (Å²) in [4.78, 5) is 1.26. The Kier molecular flexibility index (Phi) is 5.99. The highest BCUT2D eigenvalue weighted by molar-refractivity contribution is 7.22. The minimum absolute atomic E-state index is 0.651. The molecule has 1 aromatic heterocycles. The third-order valence-corrected chi connectivity index (χ3v) is 3.65. The molecule has 0 aliphatic carbocycles. The minimum atomic E-state index is -1.30. The fraction of sp³-hybridized carbons (Fsp3) is 0.636. The van der Waals surface area contributed by atoms with Gasteiger partial charge in [0.25, 0.3) is 0 Å². The summed E-state index contributed by atoms with van der Waals surface area (Å²) < 4.78 is 0.651. The second kappa shape index (κ2) is 7.04. The van der Waals surface area contributed by atoms with Gasteiger partial charge in [-0.1, -0.05) is 38.7 Å². The third kappa shape index (κ3) is 4.82. The van der Waals surface area contributed by atoms with E-state index in [0.717, 1.165) is 6.42 Å². The summed E-state index contributed by atoms with van der Waals surface area (Å²) in [5.41, 5.74) is 0. The normalized spacial score (nSPS) is 10.6. The second-order valence-electron chi connectivity index (χ2n) is 3.84. The Morgan fingerprint density at radius 2 is 1.87 bits per heavy atom. The lowest BCUT2D eigenvalue weighted by Gasteiger charge is -1.98.